The Morgan fingerprint density at radius 2 is 2.04 bits per heavy atom. The number of aryl methyl sites for hydroxylation is 1. The molecule has 0 amide bonds. The summed E-state index contributed by atoms with van der Waals surface area (Å²) in [6, 6.07) is 6.12. The van der Waals surface area contributed by atoms with Gasteiger partial charge >= 0.3 is 6.36 Å². The molecule has 2 aromatic rings. The van der Waals surface area contributed by atoms with Crippen LogP contribution in [0.4, 0.5) is 24.9 Å². The molecule has 0 aliphatic carbocycles. The van der Waals surface area contributed by atoms with Crippen LogP contribution in [0.25, 0.3) is 0 Å². The van der Waals surface area contributed by atoms with Crippen LogP contribution < -0.4 is 15.0 Å². The highest BCUT2D eigenvalue weighted by molar-refractivity contribution is 5.49. The number of benzene rings is 1. The third-order valence-corrected chi connectivity index (χ3v) is 4.24. The minimum atomic E-state index is -4.69. The summed E-state index contributed by atoms with van der Waals surface area (Å²) in [5.74, 6) is 0.972. The third kappa shape index (κ3) is 5.00. The summed E-state index contributed by atoms with van der Waals surface area (Å²) in [4.78, 5) is 10.9. The van der Waals surface area contributed by atoms with Crippen LogP contribution in [-0.4, -0.2) is 40.6 Å². The number of anilines is 2. The first-order chi connectivity index (χ1) is 12.7. The van der Waals surface area contributed by atoms with E-state index in [1.54, 1.807) is 6.07 Å². The zero-order valence-corrected chi connectivity index (χ0v) is 15.0. The van der Waals surface area contributed by atoms with Crippen LogP contribution in [0.1, 0.15) is 23.7 Å². The molecule has 9 heteroatoms. The van der Waals surface area contributed by atoms with Gasteiger partial charge in [-0.3, -0.25) is 0 Å². The fourth-order valence-electron chi connectivity index (χ4n) is 2.97. The van der Waals surface area contributed by atoms with E-state index in [4.69, 9.17) is 0 Å². The first kappa shape index (κ1) is 19.2. The summed E-state index contributed by atoms with van der Waals surface area (Å²) in [5, 5.41) is 12.2. The molecular formula is C18H21F3N4O2. The van der Waals surface area contributed by atoms with Gasteiger partial charge in [-0.25, -0.2) is 4.98 Å². The van der Waals surface area contributed by atoms with E-state index in [0.29, 0.717) is 25.5 Å². The minimum absolute atomic E-state index is 0.0357. The molecule has 2 N–H and O–H groups in total. The predicted octanol–water partition coefficient (Wildman–Crippen LogP) is 3.04. The van der Waals surface area contributed by atoms with Crippen LogP contribution >= 0.6 is 0 Å². The number of hydrogen-bond donors (Lipinski definition) is 2. The lowest BCUT2D eigenvalue weighted by molar-refractivity contribution is -0.274. The molecule has 0 radical (unpaired) electrons. The molecule has 1 aliphatic heterocycles. The van der Waals surface area contributed by atoms with Gasteiger partial charge < -0.3 is 20.1 Å². The van der Waals surface area contributed by atoms with Crippen LogP contribution in [0.3, 0.4) is 0 Å². The van der Waals surface area contributed by atoms with Crippen molar-refractivity contribution in [2.45, 2.75) is 39.2 Å². The normalized spacial score (nSPS) is 15.3. The van der Waals surface area contributed by atoms with Gasteiger partial charge in [0.25, 0.3) is 0 Å². The van der Waals surface area contributed by atoms with Gasteiger partial charge in [0, 0.05) is 30.9 Å². The Kier molecular flexibility index (Phi) is 5.41. The van der Waals surface area contributed by atoms with Gasteiger partial charge in [0.2, 0.25) is 5.95 Å². The number of hydrogen-bond acceptors (Lipinski definition) is 6. The van der Waals surface area contributed by atoms with E-state index in [-0.39, 0.29) is 18.4 Å². The van der Waals surface area contributed by atoms with Gasteiger partial charge in [-0.2, -0.15) is 4.98 Å². The van der Waals surface area contributed by atoms with Crippen molar-refractivity contribution in [3.63, 3.8) is 0 Å². The van der Waals surface area contributed by atoms with E-state index >= 15 is 0 Å². The van der Waals surface area contributed by atoms with Gasteiger partial charge in [0.1, 0.15) is 11.6 Å². The molecule has 2 heterocycles. The van der Waals surface area contributed by atoms with Crippen molar-refractivity contribution < 1.29 is 23.0 Å². The number of nitrogens with zero attached hydrogens (tertiary/aromatic N) is 3. The number of nitrogens with one attached hydrogen (secondary N) is 1. The van der Waals surface area contributed by atoms with Crippen LogP contribution in [0.5, 0.6) is 5.75 Å². The standard InChI is InChI=1S/C18H21F3N4O2/c1-11-7-16(24-17(22-11)23-12(2)10-26)25-6-5-13-8-15(27-18(19,20)21)4-3-14(13)9-25/h3-4,7-8,12,26H,5-6,9-10H2,1-2H3,(H,22,23,24)/t12-/m0/s1. The predicted molar refractivity (Wildman–Crippen MR) is 94.8 cm³/mol. The second-order valence-electron chi connectivity index (χ2n) is 6.57. The van der Waals surface area contributed by atoms with Gasteiger partial charge in [-0.1, -0.05) is 6.07 Å². The molecule has 0 spiro atoms. The fourth-order valence-corrected chi connectivity index (χ4v) is 2.97. The highest BCUT2D eigenvalue weighted by Crippen LogP contribution is 2.29. The molecule has 0 saturated carbocycles. The van der Waals surface area contributed by atoms with E-state index < -0.39 is 6.36 Å². The number of rotatable bonds is 5. The maximum absolute atomic E-state index is 12.4. The average molecular weight is 382 g/mol. The number of ether oxygens (including phenoxy) is 1. The molecule has 3 rings (SSSR count). The van der Waals surface area contributed by atoms with Crippen LogP contribution in [-0.2, 0) is 13.0 Å². The van der Waals surface area contributed by atoms with Crippen molar-refractivity contribution in [1.29, 1.82) is 0 Å². The van der Waals surface area contributed by atoms with E-state index in [1.807, 2.05) is 19.9 Å². The molecule has 0 bridgehead atoms. The summed E-state index contributed by atoms with van der Waals surface area (Å²) in [7, 11) is 0. The van der Waals surface area contributed by atoms with Crippen molar-refractivity contribution in [2.75, 3.05) is 23.4 Å². The molecule has 146 valence electrons. The molecule has 1 aromatic heterocycles. The largest absolute Gasteiger partial charge is 0.573 e. The van der Waals surface area contributed by atoms with E-state index in [9.17, 15) is 18.3 Å². The van der Waals surface area contributed by atoms with E-state index in [1.165, 1.54) is 12.1 Å². The Morgan fingerprint density at radius 3 is 2.74 bits per heavy atom. The lowest BCUT2D eigenvalue weighted by Crippen LogP contribution is -2.32. The van der Waals surface area contributed by atoms with Crippen molar-refractivity contribution in [1.82, 2.24) is 9.97 Å². The lowest BCUT2D eigenvalue weighted by Gasteiger charge is -2.30. The van der Waals surface area contributed by atoms with Crippen molar-refractivity contribution in [3.05, 3.63) is 41.1 Å². The zero-order chi connectivity index (χ0) is 19.6. The lowest BCUT2D eigenvalue weighted by atomic mass is 9.99. The summed E-state index contributed by atoms with van der Waals surface area (Å²) >= 11 is 0. The zero-order valence-electron chi connectivity index (χ0n) is 15.0. The number of aromatic nitrogens is 2. The molecule has 0 saturated heterocycles. The maximum atomic E-state index is 12.4. The summed E-state index contributed by atoms with van der Waals surface area (Å²) in [6.07, 6.45) is -4.11. The number of halogens is 3. The molecule has 1 aliphatic rings. The molecular weight excluding hydrogens is 361 g/mol. The van der Waals surface area contributed by atoms with Crippen LogP contribution in [0.2, 0.25) is 0 Å². The number of aliphatic hydroxyl groups is 1. The Balaban J connectivity index is 1.78. The van der Waals surface area contributed by atoms with Crippen LogP contribution in [0, 0.1) is 6.92 Å². The first-order valence-corrected chi connectivity index (χ1v) is 8.59. The Labute approximate surface area is 155 Å². The molecule has 1 aromatic carbocycles. The number of aliphatic hydroxyl groups excluding tert-OH is 1. The Morgan fingerprint density at radius 1 is 1.26 bits per heavy atom. The Hall–Kier alpha value is -2.55. The van der Waals surface area contributed by atoms with E-state index in [0.717, 1.165) is 22.6 Å². The highest BCUT2D eigenvalue weighted by Gasteiger charge is 2.31. The summed E-state index contributed by atoms with van der Waals surface area (Å²) < 4.78 is 41.1. The summed E-state index contributed by atoms with van der Waals surface area (Å²) in [5.41, 5.74) is 2.56. The second-order valence-corrected chi connectivity index (χ2v) is 6.57. The summed E-state index contributed by atoms with van der Waals surface area (Å²) in [6.45, 7) is 4.80. The monoisotopic (exact) mass is 382 g/mol. The van der Waals surface area contributed by atoms with Gasteiger partial charge in [-0.15, -0.1) is 13.2 Å². The third-order valence-electron chi connectivity index (χ3n) is 4.24. The topological polar surface area (TPSA) is 70.5 Å². The second kappa shape index (κ2) is 7.59. The van der Waals surface area contributed by atoms with Crippen molar-refractivity contribution >= 4 is 11.8 Å². The van der Waals surface area contributed by atoms with Crippen molar-refractivity contribution in [2.24, 2.45) is 0 Å². The van der Waals surface area contributed by atoms with Crippen molar-refractivity contribution in [3.8, 4) is 5.75 Å². The van der Waals surface area contributed by atoms with Gasteiger partial charge in [0.05, 0.1) is 6.61 Å². The molecule has 0 unspecified atom stereocenters. The molecule has 6 nitrogen and oxygen atoms in total. The maximum Gasteiger partial charge on any atom is 0.573 e. The SMILES string of the molecule is Cc1cc(N2CCc3cc(OC(F)(F)F)ccc3C2)nc(N[C@@H](C)CO)n1. The highest BCUT2D eigenvalue weighted by atomic mass is 19.4. The average Bonchev–Trinajstić information content (AvgIpc) is 2.59. The first-order valence-electron chi connectivity index (χ1n) is 8.59. The molecule has 27 heavy (non-hydrogen) atoms. The number of fused-ring (bicyclic) bond motifs is 1. The van der Waals surface area contributed by atoms with Crippen LogP contribution in [0.15, 0.2) is 24.3 Å². The Bertz CT molecular complexity index is 814. The van der Waals surface area contributed by atoms with E-state index in [2.05, 4.69) is 24.9 Å². The fraction of sp³-hybridized carbons (Fsp3) is 0.444. The minimum Gasteiger partial charge on any atom is -0.406 e. The smallest absolute Gasteiger partial charge is 0.406 e. The van der Waals surface area contributed by atoms with Gasteiger partial charge in [-0.05, 0) is 43.5 Å². The molecule has 1 atom stereocenters. The molecule has 0 fully saturated rings. The van der Waals surface area contributed by atoms with Gasteiger partial charge in [0.15, 0.2) is 0 Å². The quantitative estimate of drug-likeness (QED) is 0.828. The number of alkyl halides is 3.